The van der Waals surface area contributed by atoms with Crippen molar-refractivity contribution in [2.45, 2.75) is 58.1 Å². The predicted octanol–water partition coefficient (Wildman–Crippen LogP) is 4.72. The van der Waals surface area contributed by atoms with E-state index in [1.807, 2.05) is 18.2 Å². The van der Waals surface area contributed by atoms with Gasteiger partial charge in [0.25, 0.3) is 0 Å². The number of ether oxygens (including phenoxy) is 1. The van der Waals surface area contributed by atoms with Crippen molar-refractivity contribution in [2.75, 3.05) is 6.54 Å². The van der Waals surface area contributed by atoms with Crippen molar-refractivity contribution in [1.29, 1.82) is 0 Å². The Balaban J connectivity index is 2.14. The number of hydrogen-bond acceptors (Lipinski definition) is 2. The minimum absolute atomic E-state index is 0.336. The number of unbranched alkanes of at least 4 members (excludes halogenated alkanes) is 1. The molecule has 0 saturated carbocycles. The van der Waals surface area contributed by atoms with E-state index in [1.165, 1.54) is 18.4 Å². The maximum absolute atomic E-state index is 6.11. The van der Waals surface area contributed by atoms with E-state index >= 15 is 0 Å². The number of rotatable bonds is 6. The van der Waals surface area contributed by atoms with Crippen molar-refractivity contribution in [2.24, 2.45) is 0 Å². The molecule has 106 valence electrons. The van der Waals surface area contributed by atoms with Gasteiger partial charge in [0.15, 0.2) is 0 Å². The van der Waals surface area contributed by atoms with Gasteiger partial charge in [0.1, 0.15) is 11.9 Å². The van der Waals surface area contributed by atoms with E-state index in [-0.39, 0.29) is 0 Å². The van der Waals surface area contributed by atoms with E-state index in [9.17, 15) is 0 Å². The molecule has 0 amide bonds. The lowest BCUT2D eigenvalue weighted by Crippen LogP contribution is -2.33. The standard InChI is InChI=1S/C16H24ClNO/c1-3-5-6-13-11-15(18-9-4-2)14-10-12(17)7-8-16(14)19-13/h7-8,10,13,15,18H,3-6,9,11H2,1-2H3. The monoisotopic (exact) mass is 281 g/mol. The van der Waals surface area contributed by atoms with Crippen LogP contribution in [0.1, 0.15) is 57.6 Å². The Morgan fingerprint density at radius 2 is 2.16 bits per heavy atom. The highest BCUT2D eigenvalue weighted by Gasteiger charge is 2.27. The van der Waals surface area contributed by atoms with Crippen LogP contribution < -0.4 is 10.1 Å². The zero-order valence-corrected chi connectivity index (χ0v) is 12.7. The molecule has 1 aliphatic heterocycles. The molecule has 2 atom stereocenters. The zero-order chi connectivity index (χ0) is 13.7. The molecule has 1 N–H and O–H groups in total. The lowest BCUT2D eigenvalue weighted by molar-refractivity contribution is 0.138. The lowest BCUT2D eigenvalue weighted by Gasteiger charge is -2.33. The van der Waals surface area contributed by atoms with Crippen LogP contribution in [0, 0.1) is 0 Å². The molecular formula is C16H24ClNO. The average molecular weight is 282 g/mol. The van der Waals surface area contributed by atoms with Gasteiger partial charge in [0.2, 0.25) is 0 Å². The molecule has 0 radical (unpaired) electrons. The lowest BCUT2D eigenvalue weighted by atomic mass is 9.94. The van der Waals surface area contributed by atoms with Crippen LogP contribution >= 0.6 is 11.6 Å². The molecule has 0 spiro atoms. The van der Waals surface area contributed by atoms with Crippen LogP contribution in [0.5, 0.6) is 5.75 Å². The van der Waals surface area contributed by atoms with Gasteiger partial charge in [-0.3, -0.25) is 0 Å². The largest absolute Gasteiger partial charge is 0.490 e. The third kappa shape index (κ3) is 3.87. The van der Waals surface area contributed by atoms with Crippen LogP contribution in [-0.4, -0.2) is 12.6 Å². The topological polar surface area (TPSA) is 21.3 Å². The van der Waals surface area contributed by atoms with E-state index in [2.05, 4.69) is 19.2 Å². The average Bonchev–Trinajstić information content (AvgIpc) is 2.42. The second kappa shape index (κ2) is 7.16. The Hall–Kier alpha value is -0.730. The summed E-state index contributed by atoms with van der Waals surface area (Å²) in [6.07, 6.45) is 6.13. The maximum Gasteiger partial charge on any atom is 0.124 e. The van der Waals surface area contributed by atoms with Gasteiger partial charge in [-0.25, -0.2) is 0 Å². The molecule has 1 aromatic carbocycles. The van der Waals surface area contributed by atoms with Crippen LogP contribution in [0.4, 0.5) is 0 Å². The summed E-state index contributed by atoms with van der Waals surface area (Å²) in [6, 6.07) is 6.35. The second-order valence-corrected chi connectivity index (χ2v) is 5.74. The molecule has 2 unspecified atom stereocenters. The summed E-state index contributed by atoms with van der Waals surface area (Å²) in [6.45, 7) is 5.46. The number of hydrogen-bond donors (Lipinski definition) is 1. The summed E-state index contributed by atoms with van der Waals surface area (Å²) in [5.74, 6) is 1.00. The fourth-order valence-electron chi connectivity index (χ4n) is 2.64. The summed E-state index contributed by atoms with van der Waals surface area (Å²) in [5.41, 5.74) is 1.22. The summed E-state index contributed by atoms with van der Waals surface area (Å²) >= 11 is 6.11. The minimum Gasteiger partial charge on any atom is -0.490 e. The first kappa shape index (κ1) is 14.7. The first-order chi connectivity index (χ1) is 9.24. The fraction of sp³-hybridized carbons (Fsp3) is 0.625. The molecular weight excluding hydrogens is 258 g/mol. The molecule has 1 heterocycles. The van der Waals surface area contributed by atoms with E-state index in [0.29, 0.717) is 12.1 Å². The SMILES string of the molecule is CCCCC1CC(NCCC)c2cc(Cl)ccc2O1. The molecule has 19 heavy (non-hydrogen) atoms. The maximum atomic E-state index is 6.11. The van der Waals surface area contributed by atoms with Gasteiger partial charge >= 0.3 is 0 Å². The molecule has 2 rings (SSSR count). The van der Waals surface area contributed by atoms with Crippen molar-refractivity contribution < 1.29 is 4.74 Å². The van der Waals surface area contributed by atoms with Crippen molar-refractivity contribution in [3.05, 3.63) is 28.8 Å². The molecule has 2 nitrogen and oxygen atoms in total. The van der Waals surface area contributed by atoms with Gasteiger partial charge in [-0.15, -0.1) is 0 Å². The third-order valence-corrected chi connectivity index (χ3v) is 3.89. The Morgan fingerprint density at radius 1 is 1.32 bits per heavy atom. The Morgan fingerprint density at radius 3 is 2.89 bits per heavy atom. The minimum atomic E-state index is 0.336. The zero-order valence-electron chi connectivity index (χ0n) is 11.9. The van der Waals surface area contributed by atoms with Gasteiger partial charge in [0, 0.05) is 23.0 Å². The van der Waals surface area contributed by atoms with E-state index in [4.69, 9.17) is 16.3 Å². The fourth-order valence-corrected chi connectivity index (χ4v) is 2.82. The normalized spacial score (nSPS) is 21.8. The van der Waals surface area contributed by atoms with Gasteiger partial charge in [-0.1, -0.05) is 38.3 Å². The molecule has 0 aliphatic carbocycles. The van der Waals surface area contributed by atoms with E-state index in [0.717, 1.165) is 36.6 Å². The molecule has 3 heteroatoms. The van der Waals surface area contributed by atoms with Crippen LogP contribution in [0.2, 0.25) is 5.02 Å². The molecule has 1 aliphatic rings. The summed E-state index contributed by atoms with van der Waals surface area (Å²) in [5, 5.41) is 4.41. The summed E-state index contributed by atoms with van der Waals surface area (Å²) in [4.78, 5) is 0. The van der Waals surface area contributed by atoms with Gasteiger partial charge in [-0.05, 0) is 37.6 Å². The predicted molar refractivity (Wildman–Crippen MR) is 81.0 cm³/mol. The van der Waals surface area contributed by atoms with Crippen LogP contribution in [0.3, 0.4) is 0 Å². The molecule has 0 bridgehead atoms. The molecule has 0 fully saturated rings. The second-order valence-electron chi connectivity index (χ2n) is 5.31. The summed E-state index contributed by atoms with van der Waals surface area (Å²) < 4.78 is 6.10. The van der Waals surface area contributed by atoms with Crippen molar-refractivity contribution in [3.63, 3.8) is 0 Å². The van der Waals surface area contributed by atoms with Gasteiger partial charge in [0.05, 0.1) is 0 Å². The van der Waals surface area contributed by atoms with Crippen LogP contribution in [0.25, 0.3) is 0 Å². The first-order valence-electron chi connectivity index (χ1n) is 7.44. The Bertz CT molecular complexity index is 408. The van der Waals surface area contributed by atoms with Crippen molar-refractivity contribution in [3.8, 4) is 5.75 Å². The van der Waals surface area contributed by atoms with E-state index in [1.54, 1.807) is 0 Å². The van der Waals surface area contributed by atoms with Crippen molar-refractivity contribution >= 4 is 11.6 Å². The number of benzene rings is 1. The highest BCUT2D eigenvalue weighted by molar-refractivity contribution is 6.30. The quantitative estimate of drug-likeness (QED) is 0.814. The molecule has 0 aromatic heterocycles. The molecule has 0 saturated heterocycles. The molecule has 1 aromatic rings. The Labute approximate surface area is 121 Å². The van der Waals surface area contributed by atoms with Gasteiger partial charge < -0.3 is 10.1 Å². The van der Waals surface area contributed by atoms with Crippen LogP contribution in [-0.2, 0) is 0 Å². The first-order valence-corrected chi connectivity index (χ1v) is 7.81. The smallest absolute Gasteiger partial charge is 0.124 e. The van der Waals surface area contributed by atoms with Crippen LogP contribution in [0.15, 0.2) is 18.2 Å². The third-order valence-electron chi connectivity index (χ3n) is 3.66. The highest BCUT2D eigenvalue weighted by Crippen LogP contribution is 2.37. The summed E-state index contributed by atoms with van der Waals surface area (Å²) in [7, 11) is 0. The Kier molecular flexibility index (Phi) is 5.53. The van der Waals surface area contributed by atoms with Crippen molar-refractivity contribution in [1.82, 2.24) is 5.32 Å². The number of nitrogens with one attached hydrogen (secondary N) is 1. The highest BCUT2D eigenvalue weighted by atomic mass is 35.5. The number of fused-ring (bicyclic) bond motifs is 1. The van der Waals surface area contributed by atoms with E-state index < -0.39 is 0 Å². The van der Waals surface area contributed by atoms with Gasteiger partial charge in [-0.2, -0.15) is 0 Å². The number of halogens is 1.